The molecule has 2 unspecified atom stereocenters. The second kappa shape index (κ2) is 20.1. The molecular weight excluding hydrogens is 745 g/mol. The van der Waals surface area contributed by atoms with Crippen molar-refractivity contribution in [1.29, 1.82) is 0 Å². The number of aryl methyl sites for hydroxylation is 2. The summed E-state index contributed by atoms with van der Waals surface area (Å²) >= 11 is 0. The molecule has 10 heteroatoms. The Kier molecular flexibility index (Phi) is 13.6. The van der Waals surface area contributed by atoms with Crippen molar-refractivity contribution >= 4 is 11.4 Å². The maximum Gasteiger partial charge on any atom is 0.115 e. The van der Waals surface area contributed by atoms with Crippen LogP contribution in [0.3, 0.4) is 0 Å². The topological polar surface area (TPSA) is 143 Å². The van der Waals surface area contributed by atoms with E-state index in [9.17, 15) is 10.4 Å². The molecule has 0 aliphatic heterocycles. The number of oxime groups is 2. The monoisotopic (exact) mass is 788 g/mol. The second-order valence-electron chi connectivity index (χ2n) is 14.3. The van der Waals surface area contributed by atoms with Crippen LogP contribution in [0.1, 0.15) is 69.2 Å². The van der Waals surface area contributed by atoms with E-state index in [2.05, 4.69) is 127 Å². The highest BCUT2D eigenvalue weighted by Crippen LogP contribution is 2.35. The summed E-state index contributed by atoms with van der Waals surface area (Å²) in [7, 11) is 0. The van der Waals surface area contributed by atoms with Crippen molar-refractivity contribution in [2.24, 2.45) is 10.3 Å². The van der Waals surface area contributed by atoms with Crippen LogP contribution in [-0.4, -0.2) is 51.7 Å². The molecule has 0 saturated heterocycles. The Morgan fingerprint density at radius 3 is 1.12 bits per heavy atom. The average molecular weight is 789 g/mol. The van der Waals surface area contributed by atoms with E-state index in [1.165, 1.54) is 34.9 Å². The molecule has 60 heavy (non-hydrogen) atoms. The Morgan fingerprint density at radius 1 is 0.433 bits per heavy atom. The van der Waals surface area contributed by atoms with Gasteiger partial charge in [-0.15, -0.1) is 0 Å². The fourth-order valence-corrected chi connectivity index (χ4v) is 7.39. The highest BCUT2D eigenvalue weighted by Gasteiger charge is 2.22. The summed E-state index contributed by atoms with van der Waals surface area (Å²) in [6, 6.07) is 41.0. The van der Waals surface area contributed by atoms with Crippen LogP contribution >= 0.6 is 0 Å². The van der Waals surface area contributed by atoms with E-state index in [0.29, 0.717) is 24.3 Å². The predicted octanol–water partition coefficient (Wildman–Crippen LogP) is 10.5. The zero-order valence-electron chi connectivity index (χ0n) is 33.4. The van der Waals surface area contributed by atoms with Gasteiger partial charge in [0.15, 0.2) is 0 Å². The van der Waals surface area contributed by atoms with E-state index in [0.717, 1.165) is 44.5 Å². The average Bonchev–Trinajstić information content (AvgIpc) is 3.32. The molecule has 8 aromatic rings. The summed E-state index contributed by atoms with van der Waals surface area (Å²) in [6.07, 6.45) is 18.3. The SMILES string of the molecule is Cc1ccccc1C(C/C(=N/O)c1ccncc1)c1ccc(-c2cncnc2)cc1.Cc1ccccc1C(C/C(=N\O)c1ccncc1)c1ccc(-c2cncnc2)cc1. The number of hydrogen-bond donors (Lipinski definition) is 2. The lowest BCUT2D eigenvalue weighted by Gasteiger charge is -2.21. The lowest BCUT2D eigenvalue weighted by Crippen LogP contribution is -2.11. The molecule has 296 valence electrons. The third-order valence-electron chi connectivity index (χ3n) is 10.6. The van der Waals surface area contributed by atoms with E-state index < -0.39 is 0 Å². The molecule has 4 aromatic carbocycles. The Labute approximate surface area is 349 Å². The third kappa shape index (κ3) is 10.0. The molecular formula is C50H44N8O2. The van der Waals surface area contributed by atoms with Crippen molar-refractivity contribution in [3.8, 4) is 22.3 Å². The van der Waals surface area contributed by atoms with Crippen LogP contribution in [0.15, 0.2) is 194 Å². The Morgan fingerprint density at radius 2 is 0.783 bits per heavy atom. The van der Waals surface area contributed by atoms with Gasteiger partial charge in [0.1, 0.15) is 12.7 Å². The van der Waals surface area contributed by atoms with E-state index >= 15 is 0 Å². The van der Waals surface area contributed by atoms with Crippen molar-refractivity contribution in [2.75, 3.05) is 0 Å². The van der Waals surface area contributed by atoms with Gasteiger partial charge < -0.3 is 10.4 Å². The molecule has 0 fully saturated rings. The van der Waals surface area contributed by atoms with Crippen molar-refractivity contribution in [1.82, 2.24) is 29.9 Å². The van der Waals surface area contributed by atoms with Crippen LogP contribution in [-0.2, 0) is 0 Å². The fraction of sp³-hybridized carbons (Fsp3) is 0.120. The molecule has 8 rings (SSSR count). The first kappa shape index (κ1) is 40.5. The predicted molar refractivity (Wildman–Crippen MR) is 235 cm³/mol. The van der Waals surface area contributed by atoms with Crippen molar-refractivity contribution < 1.29 is 10.4 Å². The van der Waals surface area contributed by atoms with Crippen LogP contribution in [0.2, 0.25) is 0 Å². The number of hydrogen-bond acceptors (Lipinski definition) is 10. The minimum Gasteiger partial charge on any atom is -0.411 e. The summed E-state index contributed by atoms with van der Waals surface area (Å²) in [5.41, 5.74) is 14.2. The highest BCUT2D eigenvalue weighted by atomic mass is 16.4. The Balaban J connectivity index is 0.000000181. The van der Waals surface area contributed by atoms with Gasteiger partial charge in [-0.1, -0.05) is 107 Å². The number of pyridine rings is 2. The molecule has 0 spiro atoms. The summed E-state index contributed by atoms with van der Waals surface area (Å²) in [5, 5.41) is 26.7. The van der Waals surface area contributed by atoms with E-state index in [1.807, 2.05) is 48.5 Å². The molecule has 2 atom stereocenters. The van der Waals surface area contributed by atoms with E-state index in [1.54, 1.807) is 49.6 Å². The molecule has 0 amide bonds. The van der Waals surface area contributed by atoms with Gasteiger partial charge in [-0.25, -0.2) is 19.9 Å². The maximum absolute atomic E-state index is 9.74. The first-order valence-corrected chi connectivity index (χ1v) is 19.6. The summed E-state index contributed by atoms with van der Waals surface area (Å²) in [5.74, 6) is 0.0951. The molecule has 0 radical (unpaired) electrons. The number of rotatable bonds is 12. The molecule has 4 heterocycles. The van der Waals surface area contributed by atoms with Gasteiger partial charge in [-0.3, -0.25) is 9.97 Å². The van der Waals surface area contributed by atoms with Gasteiger partial charge in [-0.2, -0.15) is 0 Å². The van der Waals surface area contributed by atoms with Crippen molar-refractivity contribution in [3.05, 3.63) is 228 Å². The smallest absolute Gasteiger partial charge is 0.115 e. The molecule has 4 aromatic heterocycles. The van der Waals surface area contributed by atoms with Gasteiger partial charge >= 0.3 is 0 Å². The van der Waals surface area contributed by atoms with Crippen LogP contribution in [0.4, 0.5) is 0 Å². The molecule has 0 saturated carbocycles. The lowest BCUT2D eigenvalue weighted by atomic mass is 9.83. The quantitative estimate of drug-likeness (QED) is 0.0708. The number of nitrogens with zero attached hydrogens (tertiary/aromatic N) is 8. The minimum atomic E-state index is 0.0475. The third-order valence-corrected chi connectivity index (χ3v) is 10.6. The largest absolute Gasteiger partial charge is 0.411 e. The van der Waals surface area contributed by atoms with Crippen LogP contribution in [0.5, 0.6) is 0 Å². The molecule has 0 aliphatic rings. The molecule has 0 bridgehead atoms. The summed E-state index contributed by atoms with van der Waals surface area (Å²) in [4.78, 5) is 24.5. The Hall–Kier alpha value is -7.72. The van der Waals surface area contributed by atoms with Gasteiger partial charge in [0.2, 0.25) is 0 Å². The number of benzene rings is 4. The second-order valence-corrected chi connectivity index (χ2v) is 14.3. The van der Waals surface area contributed by atoms with Crippen LogP contribution in [0, 0.1) is 13.8 Å². The minimum absolute atomic E-state index is 0.0475. The number of aromatic nitrogens is 6. The van der Waals surface area contributed by atoms with Gasteiger partial charge in [-0.05, 0) is 82.6 Å². The first-order chi connectivity index (χ1) is 29.5. The summed E-state index contributed by atoms with van der Waals surface area (Å²) in [6.45, 7) is 4.22. The zero-order chi connectivity index (χ0) is 41.5. The zero-order valence-corrected chi connectivity index (χ0v) is 33.4. The van der Waals surface area contributed by atoms with Gasteiger partial charge in [0.05, 0.1) is 11.4 Å². The molecule has 10 nitrogen and oxygen atoms in total. The first-order valence-electron chi connectivity index (χ1n) is 19.6. The van der Waals surface area contributed by atoms with Gasteiger partial charge in [0.25, 0.3) is 0 Å². The van der Waals surface area contributed by atoms with Crippen LogP contribution < -0.4 is 0 Å². The van der Waals surface area contributed by atoms with Gasteiger partial charge in [0, 0.05) is 96.5 Å². The normalized spacial score (nSPS) is 12.5. The molecule has 2 N–H and O–H groups in total. The Bertz CT molecular complexity index is 2440. The van der Waals surface area contributed by atoms with E-state index in [-0.39, 0.29) is 11.8 Å². The van der Waals surface area contributed by atoms with E-state index in [4.69, 9.17) is 0 Å². The summed E-state index contributed by atoms with van der Waals surface area (Å²) < 4.78 is 0. The maximum atomic E-state index is 9.74. The molecule has 0 aliphatic carbocycles. The van der Waals surface area contributed by atoms with Crippen LogP contribution in [0.25, 0.3) is 22.3 Å². The van der Waals surface area contributed by atoms with Crippen molar-refractivity contribution in [3.63, 3.8) is 0 Å². The highest BCUT2D eigenvalue weighted by molar-refractivity contribution is 6.01. The standard InChI is InChI=1S/2C25H22N4O/c2*1-18-4-2-3-5-23(18)24(14-25(29-30)21-10-12-26-13-11-21)20-8-6-19(7-9-20)22-15-27-17-28-16-22/h2*2-13,15-17,24,30H,14H2,1H3/b29-25+;29-25-. The van der Waals surface area contributed by atoms with Crippen molar-refractivity contribution in [2.45, 2.75) is 38.5 Å². The fourth-order valence-electron chi connectivity index (χ4n) is 7.39. The lowest BCUT2D eigenvalue weighted by molar-refractivity contribution is 0.317.